The van der Waals surface area contributed by atoms with E-state index in [2.05, 4.69) is 5.32 Å². The molecule has 1 N–H and O–H groups in total. The lowest BCUT2D eigenvalue weighted by atomic mass is 10.2. The van der Waals surface area contributed by atoms with Crippen LogP contribution in [0.4, 0.5) is 0 Å². The minimum atomic E-state index is -0.324. The van der Waals surface area contributed by atoms with E-state index in [0.717, 1.165) is 5.56 Å². The van der Waals surface area contributed by atoms with Gasteiger partial charge in [-0.15, -0.1) is 0 Å². The van der Waals surface area contributed by atoms with E-state index in [1.807, 2.05) is 0 Å². The van der Waals surface area contributed by atoms with Crippen LogP contribution in [0.1, 0.15) is 17.5 Å². The average Bonchev–Trinajstić information content (AvgIpc) is 2.60. The van der Waals surface area contributed by atoms with E-state index in [-0.39, 0.29) is 18.9 Å². The first-order chi connectivity index (χ1) is 12.0. The molecule has 2 aromatic rings. The summed E-state index contributed by atoms with van der Waals surface area (Å²) < 4.78 is 11.1. The van der Waals surface area contributed by atoms with Crippen molar-refractivity contribution in [2.45, 2.75) is 19.6 Å². The molecule has 130 valence electrons. The van der Waals surface area contributed by atoms with Crippen molar-refractivity contribution in [2.24, 2.45) is 0 Å². The summed E-state index contributed by atoms with van der Waals surface area (Å²) >= 11 is 12.3. The first-order valence-corrected chi connectivity index (χ1v) is 8.17. The monoisotopic (exact) mass is 378 g/mol. The van der Waals surface area contributed by atoms with E-state index in [1.54, 1.807) is 42.5 Å². The van der Waals surface area contributed by atoms with Crippen LogP contribution in [0.3, 0.4) is 0 Å². The largest absolute Gasteiger partial charge is 0.493 e. The predicted molar refractivity (Wildman–Crippen MR) is 95.9 cm³/mol. The van der Waals surface area contributed by atoms with Crippen LogP contribution >= 0.6 is 23.2 Å². The maximum Gasteiger partial charge on any atom is 0.234 e. The highest BCUT2D eigenvalue weighted by Crippen LogP contribution is 2.31. The number of ether oxygens (including phenoxy) is 2. The fourth-order valence-electron chi connectivity index (χ4n) is 2.10. The molecule has 7 heteroatoms. The van der Waals surface area contributed by atoms with Gasteiger partial charge in [-0.05, 0) is 29.8 Å². The minimum Gasteiger partial charge on any atom is -0.493 e. The van der Waals surface area contributed by atoms with Crippen molar-refractivity contribution in [2.75, 3.05) is 7.11 Å². The molecule has 0 aromatic heterocycles. The van der Waals surface area contributed by atoms with Gasteiger partial charge < -0.3 is 14.8 Å². The van der Waals surface area contributed by atoms with Gasteiger partial charge in [0, 0.05) is 22.2 Å². The number of halogens is 2. The summed E-state index contributed by atoms with van der Waals surface area (Å²) in [5, 5.41) is 12.2. The molecule has 0 unspecified atom stereocenters. The number of carbonyl (C=O) groups is 1. The van der Waals surface area contributed by atoms with E-state index in [0.29, 0.717) is 33.7 Å². The molecular weight excluding hydrogens is 363 g/mol. The summed E-state index contributed by atoms with van der Waals surface area (Å²) in [5.74, 6) is 0.732. The van der Waals surface area contributed by atoms with Gasteiger partial charge in [-0.3, -0.25) is 4.79 Å². The highest BCUT2D eigenvalue weighted by atomic mass is 35.5. The van der Waals surface area contributed by atoms with Gasteiger partial charge in [-0.2, -0.15) is 5.26 Å². The fourth-order valence-corrected chi connectivity index (χ4v) is 2.60. The normalized spacial score (nSPS) is 10.0. The van der Waals surface area contributed by atoms with Gasteiger partial charge in [0.2, 0.25) is 5.91 Å². The Bertz CT molecular complexity index is 783. The number of nitriles is 1. The molecule has 0 heterocycles. The Hall–Kier alpha value is -2.42. The number of amides is 1. The SMILES string of the molecule is COc1cc(CNC(=O)CC#N)ccc1OCc1c(Cl)cccc1Cl. The molecule has 0 spiro atoms. The van der Waals surface area contributed by atoms with E-state index in [9.17, 15) is 4.79 Å². The number of rotatable bonds is 7. The highest BCUT2D eigenvalue weighted by molar-refractivity contribution is 6.35. The molecule has 0 radical (unpaired) electrons. The Morgan fingerprint density at radius 1 is 1.20 bits per heavy atom. The number of carbonyl (C=O) groups excluding carboxylic acids is 1. The molecule has 0 bridgehead atoms. The highest BCUT2D eigenvalue weighted by Gasteiger charge is 2.10. The van der Waals surface area contributed by atoms with E-state index < -0.39 is 0 Å². The van der Waals surface area contributed by atoms with E-state index in [4.69, 9.17) is 37.9 Å². The zero-order valence-corrected chi connectivity index (χ0v) is 15.0. The Morgan fingerprint density at radius 3 is 2.56 bits per heavy atom. The number of nitrogens with zero attached hydrogens (tertiary/aromatic N) is 1. The van der Waals surface area contributed by atoms with Crippen molar-refractivity contribution in [1.82, 2.24) is 5.32 Å². The van der Waals surface area contributed by atoms with E-state index in [1.165, 1.54) is 7.11 Å². The van der Waals surface area contributed by atoms with Crippen molar-refractivity contribution < 1.29 is 14.3 Å². The molecule has 0 saturated carbocycles. The molecule has 1 amide bonds. The quantitative estimate of drug-likeness (QED) is 0.786. The molecule has 0 aliphatic carbocycles. The molecule has 0 fully saturated rings. The summed E-state index contributed by atoms with van der Waals surface area (Å²) in [6, 6.07) is 12.4. The lowest BCUT2D eigenvalue weighted by Crippen LogP contribution is -2.21. The molecule has 5 nitrogen and oxygen atoms in total. The maximum atomic E-state index is 11.3. The third-order valence-electron chi connectivity index (χ3n) is 3.39. The van der Waals surface area contributed by atoms with Crippen molar-refractivity contribution in [1.29, 1.82) is 5.26 Å². The third-order valence-corrected chi connectivity index (χ3v) is 4.10. The molecule has 0 aliphatic heterocycles. The zero-order chi connectivity index (χ0) is 18.2. The topological polar surface area (TPSA) is 71.3 Å². The summed E-state index contributed by atoms with van der Waals surface area (Å²) in [4.78, 5) is 11.3. The van der Waals surface area contributed by atoms with Crippen LogP contribution in [0.25, 0.3) is 0 Å². The lowest BCUT2D eigenvalue weighted by Gasteiger charge is -2.14. The number of hydrogen-bond acceptors (Lipinski definition) is 4. The molecular formula is C18H16Cl2N2O3. The molecule has 2 aromatic carbocycles. The molecule has 2 rings (SSSR count). The summed E-state index contributed by atoms with van der Waals surface area (Å²) in [5.41, 5.74) is 1.52. The average molecular weight is 379 g/mol. The number of benzene rings is 2. The van der Waals surface area contributed by atoms with Gasteiger partial charge >= 0.3 is 0 Å². The smallest absolute Gasteiger partial charge is 0.234 e. The van der Waals surface area contributed by atoms with Crippen LogP contribution in [0.5, 0.6) is 11.5 Å². The Morgan fingerprint density at radius 2 is 1.92 bits per heavy atom. The van der Waals surface area contributed by atoms with Gasteiger partial charge in [0.1, 0.15) is 13.0 Å². The van der Waals surface area contributed by atoms with Gasteiger partial charge in [0.15, 0.2) is 11.5 Å². The van der Waals surface area contributed by atoms with Crippen LogP contribution in [0, 0.1) is 11.3 Å². The molecule has 0 atom stereocenters. The maximum absolute atomic E-state index is 11.3. The van der Waals surface area contributed by atoms with Gasteiger partial charge in [0.25, 0.3) is 0 Å². The minimum absolute atomic E-state index is 0.170. The third kappa shape index (κ3) is 5.28. The van der Waals surface area contributed by atoms with Crippen LogP contribution in [-0.2, 0) is 17.9 Å². The number of nitrogens with one attached hydrogen (secondary N) is 1. The van der Waals surface area contributed by atoms with E-state index >= 15 is 0 Å². The molecule has 0 aliphatic rings. The predicted octanol–water partition coefficient (Wildman–Crippen LogP) is 4.11. The Labute approximate surface area is 156 Å². The molecule has 25 heavy (non-hydrogen) atoms. The summed E-state index contributed by atoms with van der Waals surface area (Å²) in [6.45, 7) is 0.501. The van der Waals surface area contributed by atoms with Crippen LogP contribution < -0.4 is 14.8 Å². The second kappa shape index (κ2) is 9.16. The molecule has 0 saturated heterocycles. The van der Waals surface area contributed by atoms with Crippen molar-refractivity contribution in [3.63, 3.8) is 0 Å². The van der Waals surface area contributed by atoms with Crippen molar-refractivity contribution in [3.05, 3.63) is 57.6 Å². The summed E-state index contributed by atoms with van der Waals surface area (Å²) in [6.07, 6.45) is -0.170. The van der Waals surface area contributed by atoms with Crippen molar-refractivity contribution in [3.8, 4) is 17.6 Å². The zero-order valence-electron chi connectivity index (χ0n) is 13.5. The number of hydrogen-bond donors (Lipinski definition) is 1. The standard InChI is InChI=1S/C18H16Cl2N2O3/c1-24-17-9-12(10-22-18(23)7-8-21)5-6-16(17)25-11-13-14(19)3-2-4-15(13)20/h2-6,9H,7,10-11H2,1H3,(H,22,23). The first-order valence-electron chi connectivity index (χ1n) is 7.41. The lowest BCUT2D eigenvalue weighted by molar-refractivity contribution is -0.120. The Kier molecular flexibility index (Phi) is 6.93. The second-order valence-corrected chi connectivity index (χ2v) is 5.90. The fraction of sp³-hybridized carbons (Fsp3) is 0.222. The number of methoxy groups -OCH3 is 1. The summed E-state index contributed by atoms with van der Waals surface area (Å²) in [7, 11) is 1.53. The van der Waals surface area contributed by atoms with Crippen LogP contribution in [0.15, 0.2) is 36.4 Å². The van der Waals surface area contributed by atoms with Gasteiger partial charge in [0.05, 0.1) is 13.2 Å². The first kappa shape index (κ1) is 18.9. The van der Waals surface area contributed by atoms with Crippen molar-refractivity contribution >= 4 is 29.1 Å². The Balaban J connectivity index is 2.06. The van der Waals surface area contributed by atoms with Crippen LogP contribution in [0.2, 0.25) is 10.0 Å². The second-order valence-electron chi connectivity index (χ2n) is 5.09. The van der Waals surface area contributed by atoms with Crippen LogP contribution in [-0.4, -0.2) is 13.0 Å². The van der Waals surface area contributed by atoms with Gasteiger partial charge in [-0.1, -0.05) is 35.3 Å². The van der Waals surface area contributed by atoms with Gasteiger partial charge in [-0.25, -0.2) is 0 Å².